The first kappa shape index (κ1) is 15.3. The van der Waals surface area contributed by atoms with E-state index in [1.165, 1.54) is 12.4 Å². The van der Waals surface area contributed by atoms with Gasteiger partial charge in [-0.1, -0.05) is 0 Å². The number of rotatable bonds is 3. The lowest BCUT2D eigenvalue weighted by Crippen LogP contribution is -1.97. The fourth-order valence-electron chi connectivity index (χ4n) is 2.88. The van der Waals surface area contributed by atoms with Crippen LogP contribution < -0.4 is 4.74 Å². The van der Waals surface area contributed by atoms with Crippen molar-refractivity contribution in [2.75, 3.05) is 0 Å². The molecule has 0 fully saturated rings. The minimum Gasteiger partial charge on any atom is -0.437 e. The largest absolute Gasteiger partial charge is 0.437 e. The van der Waals surface area contributed by atoms with Crippen molar-refractivity contribution >= 4 is 5.52 Å². The van der Waals surface area contributed by atoms with Crippen LogP contribution in [-0.2, 0) is 0 Å². The van der Waals surface area contributed by atoms with E-state index in [9.17, 15) is 4.39 Å². The summed E-state index contributed by atoms with van der Waals surface area (Å²) in [4.78, 5) is 12.5. The second kappa shape index (κ2) is 5.98. The maximum absolute atomic E-state index is 14.7. The minimum absolute atomic E-state index is 0.384. The first-order chi connectivity index (χ1) is 12.1. The molecule has 124 valence electrons. The van der Waals surface area contributed by atoms with Gasteiger partial charge in [-0.05, 0) is 38.1 Å². The molecular formula is C19H15FN4O. The van der Waals surface area contributed by atoms with E-state index in [2.05, 4.69) is 15.0 Å². The van der Waals surface area contributed by atoms with Gasteiger partial charge in [-0.25, -0.2) is 19.3 Å². The summed E-state index contributed by atoms with van der Waals surface area (Å²) in [5.74, 6) is 0.422. The average molecular weight is 334 g/mol. The number of fused-ring (bicyclic) bond motifs is 1. The maximum Gasteiger partial charge on any atom is 0.243 e. The molecule has 3 aromatic heterocycles. The molecule has 0 spiro atoms. The summed E-state index contributed by atoms with van der Waals surface area (Å²) in [7, 11) is 0. The molecule has 0 aliphatic rings. The Bertz CT molecular complexity index is 1050. The van der Waals surface area contributed by atoms with Gasteiger partial charge in [0.05, 0.1) is 0 Å². The molecular weight excluding hydrogens is 319 g/mol. The highest BCUT2D eigenvalue weighted by Gasteiger charge is 2.14. The van der Waals surface area contributed by atoms with E-state index >= 15 is 0 Å². The van der Waals surface area contributed by atoms with Crippen LogP contribution in [0.5, 0.6) is 11.6 Å². The Hall–Kier alpha value is -3.28. The highest BCUT2D eigenvalue weighted by molar-refractivity contribution is 5.69. The van der Waals surface area contributed by atoms with Crippen molar-refractivity contribution < 1.29 is 9.13 Å². The molecule has 0 radical (unpaired) electrons. The third kappa shape index (κ3) is 2.71. The summed E-state index contributed by atoms with van der Waals surface area (Å²) in [6.45, 7) is 3.68. The molecule has 4 rings (SSSR count). The Morgan fingerprint density at radius 3 is 2.56 bits per heavy atom. The van der Waals surface area contributed by atoms with E-state index in [1.807, 2.05) is 42.8 Å². The van der Waals surface area contributed by atoms with Gasteiger partial charge in [-0.3, -0.25) is 0 Å². The molecule has 0 aliphatic carbocycles. The molecule has 6 heteroatoms. The van der Waals surface area contributed by atoms with Gasteiger partial charge in [-0.15, -0.1) is 0 Å². The van der Waals surface area contributed by atoms with Crippen LogP contribution in [0.15, 0.2) is 55.2 Å². The fraction of sp³-hybridized carbons (Fsp3) is 0.105. The molecule has 0 N–H and O–H groups in total. The minimum atomic E-state index is -0.388. The molecule has 0 saturated carbocycles. The number of hydrogen-bond donors (Lipinski definition) is 0. The van der Waals surface area contributed by atoms with Crippen LogP contribution in [-0.4, -0.2) is 19.4 Å². The van der Waals surface area contributed by atoms with E-state index in [0.717, 1.165) is 16.9 Å². The van der Waals surface area contributed by atoms with Gasteiger partial charge in [0.2, 0.25) is 5.88 Å². The second-order valence-electron chi connectivity index (χ2n) is 5.70. The van der Waals surface area contributed by atoms with E-state index in [-0.39, 0.29) is 5.82 Å². The molecule has 0 bridgehead atoms. The highest BCUT2D eigenvalue weighted by Crippen LogP contribution is 2.31. The first-order valence-electron chi connectivity index (χ1n) is 7.81. The van der Waals surface area contributed by atoms with Crippen LogP contribution in [0.3, 0.4) is 0 Å². The van der Waals surface area contributed by atoms with Crippen molar-refractivity contribution in [2.24, 2.45) is 0 Å². The molecule has 5 nitrogen and oxygen atoms in total. The summed E-state index contributed by atoms with van der Waals surface area (Å²) < 4.78 is 22.4. The Balaban J connectivity index is 1.72. The van der Waals surface area contributed by atoms with Crippen LogP contribution in [0.1, 0.15) is 11.4 Å². The molecule has 3 heterocycles. The maximum atomic E-state index is 14.7. The van der Waals surface area contributed by atoms with Crippen LogP contribution >= 0.6 is 0 Å². The fourth-order valence-corrected chi connectivity index (χ4v) is 2.88. The molecule has 25 heavy (non-hydrogen) atoms. The SMILES string of the molecule is Cc1ncnc(C)c1-c1ccc(Oc2nccn3cccc23)cc1F. The highest BCUT2D eigenvalue weighted by atomic mass is 19.1. The molecule has 0 unspecified atom stereocenters. The van der Waals surface area contributed by atoms with Crippen molar-refractivity contribution in [3.05, 3.63) is 72.5 Å². The molecule has 0 atom stereocenters. The molecule has 0 saturated heterocycles. The first-order valence-corrected chi connectivity index (χ1v) is 7.81. The van der Waals surface area contributed by atoms with Crippen molar-refractivity contribution in [1.82, 2.24) is 19.4 Å². The molecule has 4 aromatic rings. The van der Waals surface area contributed by atoms with E-state index in [1.54, 1.807) is 18.3 Å². The number of hydrogen-bond acceptors (Lipinski definition) is 4. The average Bonchev–Trinajstić information content (AvgIpc) is 3.06. The molecule has 0 amide bonds. The Kier molecular flexibility index (Phi) is 3.65. The normalized spacial score (nSPS) is 11.0. The van der Waals surface area contributed by atoms with Crippen LogP contribution in [0.2, 0.25) is 0 Å². The smallest absolute Gasteiger partial charge is 0.243 e. The van der Waals surface area contributed by atoms with Gasteiger partial charge in [0.15, 0.2) is 0 Å². The summed E-state index contributed by atoms with van der Waals surface area (Å²) in [6.07, 6.45) is 6.84. The lowest BCUT2D eigenvalue weighted by molar-refractivity contribution is 0.461. The van der Waals surface area contributed by atoms with Crippen molar-refractivity contribution in [1.29, 1.82) is 0 Å². The van der Waals surface area contributed by atoms with Crippen molar-refractivity contribution in [3.8, 4) is 22.8 Å². The number of benzene rings is 1. The van der Waals surface area contributed by atoms with Gasteiger partial charge in [0.25, 0.3) is 0 Å². The van der Waals surface area contributed by atoms with Gasteiger partial charge < -0.3 is 9.14 Å². The number of halogens is 1. The lowest BCUT2D eigenvalue weighted by atomic mass is 10.0. The van der Waals surface area contributed by atoms with Crippen molar-refractivity contribution in [3.63, 3.8) is 0 Å². The van der Waals surface area contributed by atoms with Gasteiger partial charge in [0, 0.05) is 47.2 Å². The van der Waals surface area contributed by atoms with Crippen LogP contribution in [0.4, 0.5) is 4.39 Å². The zero-order chi connectivity index (χ0) is 17.4. The molecule has 0 aliphatic heterocycles. The van der Waals surface area contributed by atoms with Gasteiger partial charge in [-0.2, -0.15) is 0 Å². The predicted octanol–water partition coefficient (Wildman–Crippen LogP) is 4.34. The summed E-state index contributed by atoms with van der Waals surface area (Å²) in [6, 6.07) is 8.55. The third-order valence-corrected chi connectivity index (χ3v) is 4.07. The number of nitrogens with zero attached hydrogens (tertiary/aromatic N) is 4. The monoisotopic (exact) mass is 334 g/mol. The van der Waals surface area contributed by atoms with Gasteiger partial charge >= 0.3 is 0 Å². The summed E-state index contributed by atoms with van der Waals surface area (Å²) in [5, 5.41) is 0. The quantitative estimate of drug-likeness (QED) is 0.559. The second-order valence-corrected chi connectivity index (χ2v) is 5.70. The lowest BCUT2D eigenvalue weighted by Gasteiger charge is -2.11. The number of ether oxygens (including phenoxy) is 1. The predicted molar refractivity (Wildman–Crippen MR) is 92.2 cm³/mol. The summed E-state index contributed by atoms with van der Waals surface area (Å²) >= 11 is 0. The topological polar surface area (TPSA) is 52.3 Å². The number of aryl methyl sites for hydroxylation is 2. The Labute approximate surface area is 143 Å². The van der Waals surface area contributed by atoms with Gasteiger partial charge in [0.1, 0.15) is 23.4 Å². The van der Waals surface area contributed by atoms with Crippen LogP contribution in [0.25, 0.3) is 16.6 Å². The zero-order valence-corrected chi connectivity index (χ0v) is 13.8. The number of aromatic nitrogens is 4. The van der Waals surface area contributed by atoms with Crippen molar-refractivity contribution in [2.45, 2.75) is 13.8 Å². The van der Waals surface area contributed by atoms with Crippen LogP contribution in [0, 0.1) is 19.7 Å². The van der Waals surface area contributed by atoms with E-state index in [4.69, 9.17) is 4.74 Å². The van der Waals surface area contributed by atoms with E-state index < -0.39 is 0 Å². The third-order valence-electron chi connectivity index (χ3n) is 4.07. The Morgan fingerprint density at radius 1 is 1.00 bits per heavy atom. The van der Waals surface area contributed by atoms with E-state index in [0.29, 0.717) is 22.8 Å². The zero-order valence-electron chi connectivity index (χ0n) is 13.8. The summed E-state index contributed by atoms with van der Waals surface area (Å²) in [5.41, 5.74) is 3.45. The molecule has 1 aromatic carbocycles. The standard InChI is InChI=1S/C19H15FN4O/c1-12-18(13(2)23-11-22-12)15-6-5-14(10-16(15)20)25-19-17-4-3-8-24(17)9-7-21-19/h3-11H,1-2H3. The Morgan fingerprint density at radius 2 is 1.80 bits per heavy atom.